The van der Waals surface area contributed by atoms with Crippen molar-refractivity contribution in [3.8, 4) is 22.3 Å². The number of furan rings is 2. The quantitative estimate of drug-likeness (QED) is 0.182. The van der Waals surface area contributed by atoms with E-state index in [2.05, 4.69) is 181 Å². The fraction of sp³-hybridized carbons (Fsp3) is 0. The molecule has 0 saturated heterocycles. The Hall–Kier alpha value is -7.10. The Bertz CT molecular complexity index is 3180. The first-order valence-electron chi connectivity index (χ1n) is 18.0. The van der Waals surface area contributed by atoms with Gasteiger partial charge in [-0.15, -0.1) is 0 Å². The summed E-state index contributed by atoms with van der Waals surface area (Å²) in [4.78, 5) is 2.37. The molecular formula is C50H31NO2. The highest BCUT2D eigenvalue weighted by molar-refractivity contribution is 6.19. The molecule has 0 saturated carbocycles. The number of rotatable bonds is 5. The van der Waals surface area contributed by atoms with E-state index in [9.17, 15) is 0 Å². The Morgan fingerprint density at radius 1 is 0.321 bits per heavy atom. The summed E-state index contributed by atoms with van der Waals surface area (Å²) >= 11 is 0. The van der Waals surface area contributed by atoms with Gasteiger partial charge in [0.1, 0.15) is 22.3 Å². The number of hydrogen-bond donors (Lipinski definition) is 0. The van der Waals surface area contributed by atoms with Gasteiger partial charge in [0.2, 0.25) is 0 Å². The predicted molar refractivity (Wildman–Crippen MR) is 222 cm³/mol. The smallest absolute Gasteiger partial charge is 0.143 e. The van der Waals surface area contributed by atoms with Gasteiger partial charge in [0.05, 0.1) is 11.1 Å². The molecule has 0 fully saturated rings. The van der Waals surface area contributed by atoms with E-state index >= 15 is 0 Å². The van der Waals surface area contributed by atoms with Crippen LogP contribution in [0.25, 0.3) is 87.7 Å². The number of benzene rings is 9. The third-order valence-electron chi connectivity index (χ3n) is 10.6. The molecule has 9 aromatic carbocycles. The Balaban J connectivity index is 1.09. The van der Waals surface area contributed by atoms with Crippen LogP contribution in [-0.4, -0.2) is 0 Å². The molecule has 0 amide bonds. The van der Waals surface area contributed by atoms with E-state index in [1.165, 1.54) is 16.3 Å². The maximum Gasteiger partial charge on any atom is 0.143 e. The number of hydrogen-bond acceptors (Lipinski definition) is 3. The minimum atomic E-state index is 0.863. The largest absolute Gasteiger partial charge is 0.456 e. The molecule has 3 nitrogen and oxygen atoms in total. The standard InChI is InChI=1S/C50H31NO2/c1-2-11-35-29-37(20-19-32(35)9-1)36-12-7-13-40(30-36)51(45-16-8-18-48-49(45)43-27-23-34-10-3-4-14-41(34)50(43)53-48)39-25-21-33(22-26-39)38-24-28-47-44(31-38)42-15-5-6-17-46(42)52-47/h1-31H. The highest BCUT2D eigenvalue weighted by atomic mass is 16.3. The van der Waals surface area contributed by atoms with Crippen LogP contribution in [0.2, 0.25) is 0 Å². The first-order valence-corrected chi connectivity index (χ1v) is 18.0. The monoisotopic (exact) mass is 677 g/mol. The molecule has 11 aromatic rings. The summed E-state index contributed by atoms with van der Waals surface area (Å²) in [5, 5.41) is 9.19. The molecule has 53 heavy (non-hydrogen) atoms. The summed E-state index contributed by atoms with van der Waals surface area (Å²) in [6.07, 6.45) is 0. The van der Waals surface area contributed by atoms with Crippen molar-refractivity contribution in [3.63, 3.8) is 0 Å². The highest BCUT2D eigenvalue weighted by Gasteiger charge is 2.21. The van der Waals surface area contributed by atoms with Crippen molar-refractivity contribution >= 4 is 82.5 Å². The van der Waals surface area contributed by atoms with Crippen molar-refractivity contribution in [2.45, 2.75) is 0 Å². The molecule has 0 radical (unpaired) electrons. The molecule has 248 valence electrons. The average Bonchev–Trinajstić information content (AvgIpc) is 3.80. The molecule has 0 aliphatic rings. The molecule has 0 bridgehead atoms. The summed E-state index contributed by atoms with van der Waals surface area (Å²) in [6, 6.07) is 66.9. The summed E-state index contributed by atoms with van der Waals surface area (Å²) in [5.74, 6) is 0. The van der Waals surface area contributed by atoms with E-state index in [-0.39, 0.29) is 0 Å². The van der Waals surface area contributed by atoms with Crippen LogP contribution in [0.15, 0.2) is 197 Å². The van der Waals surface area contributed by atoms with E-state index in [1.54, 1.807) is 0 Å². The zero-order valence-electron chi connectivity index (χ0n) is 28.7. The first-order chi connectivity index (χ1) is 26.2. The molecular weight excluding hydrogens is 647 g/mol. The molecule has 0 aliphatic heterocycles. The molecule has 0 unspecified atom stereocenters. The second-order valence-corrected chi connectivity index (χ2v) is 13.7. The fourth-order valence-corrected chi connectivity index (χ4v) is 8.05. The number of anilines is 3. The van der Waals surface area contributed by atoms with Crippen molar-refractivity contribution in [2.75, 3.05) is 4.90 Å². The van der Waals surface area contributed by atoms with Crippen molar-refractivity contribution in [1.29, 1.82) is 0 Å². The lowest BCUT2D eigenvalue weighted by molar-refractivity contribution is 0.669. The third kappa shape index (κ3) is 4.82. The molecule has 2 heterocycles. The minimum absolute atomic E-state index is 0.863. The fourth-order valence-electron chi connectivity index (χ4n) is 8.05. The van der Waals surface area contributed by atoms with Gasteiger partial charge in [0, 0.05) is 32.9 Å². The van der Waals surface area contributed by atoms with Crippen LogP contribution in [0.4, 0.5) is 17.1 Å². The van der Waals surface area contributed by atoms with Crippen molar-refractivity contribution in [3.05, 3.63) is 188 Å². The van der Waals surface area contributed by atoms with Crippen LogP contribution >= 0.6 is 0 Å². The van der Waals surface area contributed by atoms with Gasteiger partial charge in [-0.25, -0.2) is 0 Å². The molecule has 2 aromatic heterocycles. The summed E-state index contributed by atoms with van der Waals surface area (Å²) in [5.41, 5.74) is 11.4. The van der Waals surface area contributed by atoms with E-state index < -0.39 is 0 Å². The second-order valence-electron chi connectivity index (χ2n) is 13.7. The lowest BCUT2D eigenvalue weighted by Gasteiger charge is -2.27. The maximum absolute atomic E-state index is 6.66. The van der Waals surface area contributed by atoms with Gasteiger partial charge in [-0.2, -0.15) is 0 Å². The zero-order valence-corrected chi connectivity index (χ0v) is 28.7. The van der Waals surface area contributed by atoms with E-state index in [0.717, 1.165) is 88.4 Å². The number of fused-ring (bicyclic) bond motifs is 9. The van der Waals surface area contributed by atoms with Crippen LogP contribution in [0.1, 0.15) is 0 Å². The Morgan fingerprint density at radius 3 is 1.89 bits per heavy atom. The van der Waals surface area contributed by atoms with Crippen LogP contribution in [-0.2, 0) is 0 Å². The Labute approximate surface area is 305 Å². The second kappa shape index (κ2) is 11.7. The van der Waals surface area contributed by atoms with Crippen molar-refractivity contribution < 1.29 is 8.83 Å². The summed E-state index contributed by atoms with van der Waals surface area (Å²) in [7, 11) is 0. The first kappa shape index (κ1) is 29.6. The van der Waals surface area contributed by atoms with Crippen molar-refractivity contribution in [1.82, 2.24) is 0 Å². The molecule has 11 rings (SSSR count). The lowest BCUT2D eigenvalue weighted by atomic mass is 9.99. The minimum Gasteiger partial charge on any atom is -0.456 e. The third-order valence-corrected chi connectivity index (χ3v) is 10.6. The average molecular weight is 678 g/mol. The van der Waals surface area contributed by atoms with Gasteiger partial charge in [0.25, 0.3) is 0 Å². The summed E-state index contributed by atoms with van der Waals surface area (Å²) in [6.45, 7) is 0. The molecule has 0 N–H and O–H groups in total. The van der Waals surface area contributed by atoms with E-state index in [4.69, 9.17) is 8.83 Å². The van der Waals surface area contributed by atoms with Crippen LogP contribution in [0, 0.1) is 0 Å². The van der Waals surface area contributed by atoms with E-state index in [0.29, 0.717) is 0 Å². The number of nitrogens with zero attached hydrogens (tertiary/aromatic N) is 1. The molecule has 0 spiro atoms. The lowest BCUT2D eigenvalue weighted by Crippen LogP contribution is -2.10. The SMILES string of the molecule is c1cc(-c2ccc3ccccc3c2)cc(N(c2ccc(-c3ccc4oc5ccccc5c4c3)cc2)c2cccc3oc4c5ccccc5ccc4c23)c1. The highest BCUT2D eigenvalue weighted by Crippen LogP contribution is 2.45. The molecule has 3 heteroatoms. The van der Waals surface area contributed by atoms with Crippen molar-refractivity contribution in [2.24, 2.45) is 0 Å². The van der Waals surface area contributed by atoms with Crippen LogP contribution in [0.5, 0.6) is 0 Å². The van der Waals surface area contributed by atoms with Gasteiger partial charge >= 0.3 is 0 Å². The maximum atomic E-state index is 6.66. The van der Waals surface area contributed by atoms with Gasteiger partial charge in [0.15, 0.2) is 0 Å². The Morgan fingerprint density at radius 2 is 0.981 bits per heavy atom. The Kier molecular flexibility index (Phi) is 6.55. The normalized spacial score (nSPS) is 11.8. The van der Waals surface area contributed by atoms with Gasteiger partial charge < -0.3 is 13.7 Å². The van der Waals surface area contributed by atoms with Gasteiger partial charge in [-0.1, -0.05) is 121 Å². The van der Waals surface area contributed by atoms with Gasteiger partial charge in [-0.3, -0.25) is 0 Å². The predicted octanol–water partition coefficient (Wildman–Crippen LogP) is 14.6. The number of para-hydroxylation sites is 1. The van der Waals surface area contributed by atoms with Crippen LogP contribution < -0.4 is 4.90 Å². The molecule has 0 aliphatic carbocycles. The molecule has 0 atom stereocenters. The summed E-state index contributed by atoms with van der Waals surface area (Å²) < 4.78 is 12.8. The van der Waals surface area contributed by atoms with Gasteiger partial charge in [-0.05, 0) is 105 Å². The topological polar surface area (TPSA) is 29.5 Å². The van der Waals surface area contributed by atoms with E-state index in [1.807, 2.05) is 12.1 Å². The zero-order chi connectivity index (χ0) is 34.9. The van der Waals surface area contributed by atoms with Crippen LogP contribution in [0.3, 0.4) is 0 Å².